The molecule has 4 nitrogen and oxygen atoms in total. The van der Waals surface area contributed by atoms with E-state index in [1.165, 1.54) is 38.8 Å². The molecule has 4 heteroatoms. The second kappa shape index (κ2) is 7.85. The van der Waals surface area contributed by atoms with Crippen LogP contribution in [-0.4, -0.2) is 61.6 Å². The minimum absolute atomic E-state index is 0.115. The van der Waals surface area contributed by atoms with Crippen LogP contribution < -0.4 is 0 Å². The van der Waals surface area contributed by atoms with Gasteiger partial charge in [0.1, 0.15) is 0 Å². The molecule has 0 bridgehead atoms. The van der Waals surface area contributed by atoms with Crippen LogP contribution in [0.3, 0.4) is 0 Å². The minimum Gasteiger partial charge on any atom is -0.381 e. The van der Waals surface area contributed by atoms with E-state index < -0.39 is 0 Å². The van der Waals surface area contributed by atoms with Crippen molar-refractivity contribution >= 4 is 5.91 Å². The summed E-state index contributed by atoms with van der Waals surface area (Å²) in [5.41, 5.74) is 0. The molecule has 1 amide bonds. The lowest BCUT2D eigenvalue weighted by Crippen LogP contribution is -2.41. The Bertz CT molecular complexity index is 269. The van der Waals surface area contributed by atoms with Gasteiger partial charge in [-0.15, -0.1) is 0 Å². The van der Waals surface area contributed by atoms with E-state index in [0.717, 1.165) is 32.7 Å². The summed E-state index contributed by atoms with van der Waals surface area (Å²) in [7, 11) is 0. The topological polar surface area (TPSA) is 32.8 Å². The Morgan fingerprint density at radius 1 is 1.26 bits per heavy atom. The van der Waals surface area contributed by atoms with Crippen molar-refractivity contribution < 1.29 is 9.53 Å². The van der Waals surface area contributed by atoms with Gasteiger partial charge in [0.05, 0.1) is 12.5 Å². The van der Waals surface area contributed by atoms with Crippen molar-refractivity contribution in [1.82, 2.24) is 9.80 Å². The molecule has 2 heterocycles. The molecule has 1 unspecified atom stereocenters. The van der Waals surface area contributed by atoms with Crippen LogP contribution >= 0.6 is 0 Å². The van der Waals surface area contributed by atoms with Gasteiger partial charge in [-0.05, 0) is 39.3 Å². The molecule has 0 spiro atoms. The van der Waals surface area contributed by atoms with Gasteiger partial charge in [0, 0.05) is 26.2 Å². The zero-order valence-corrected chi connectivity index (χ0v) is 12.3. The van der Waals surface area contributed by atoms with E-state index in [1.54, 1.807) is 0 Å². The predicted molar refractivity (Wildman–Crippen MR) is 76.1 cm³/mol. The molecule has 0 saturated carbocycles. The summed E-state index contributed by atoms with van der Waals surface area (Å²) in [5.74, 6) is 0.416. The Morgan fingerprint density at radius 2 is 2.00 bits per heavy atom. The monoisotopic (exact) mass is 268 g/mol. The number of carbonyl (C=O) groups excluding carboxylic acids is 1. The molecule has 2 fully saturated rings. The van der Waals surface area contributed by atoms with Crippen LogP contribution in [0.15, 0.2) is 0 Å². The average Bonchev–Trinajstić information content (AvgIpc) is 2.84. The second-order valence-corrected chi connectivity index (χ2v) is 5.73. The minimum atomic E-state index is 0.115. The van der Waals surface area contributed by atoms with E-state index in [2.05, 4.69) is 11.8 Å². The van der Waals surface area contributed by atoms with Crippen LogP contribution in [0.4, 0.5) is 0 Å². The highest BCUT2D eigenvalue weighted by Crippen LogP contribution is 2.16. The molecule has 2 saturated heterocycles. The summed E-state index contributed by atoms with van der Waals surface area (Å²) < 4.78 is 5.33. The van der Waals surface area contributed by atoms with Crippen molar-refractivity contribution in [2.24, 2.45) is 5.92 Å². The van der Waals surface area contributed by atoms with Crippen LogP contribution in [0.1, 0.15) is 39.0 Å². The Kier molecular flexibility index (Phi) is 6.11. The number of rotatable bonds is 5. The molecule has 0 radical (unpaired) electrons. The van der Waals surface area contributed by atoms with Crippen molar-refractivity contribution in [2.75, 3.05) is 45.9 Å². The summed E-state index contributed by atoms with van der Waals surface area (Å²) in [5, 5.41) is 0. The van der Waals surface area contributed by atoms with E-state index in [0.29, 0.717) is 12.5 Å². The fraction of sp³-hybridized carbons (Fsp3) is 0.933. The second-order valence-electron chi connectivity index (χ2n) is 5.73. The van der Waals surface area contributed by atoms with Crippen molar-refractivity contribution in [3.63, 3.8) is 0 Å². The fourth-order valence-corrected chi connectivity index (χ4v) is 3.03. The molecular formula is C15H28N2O2. The molecule has 0 aromatic heterocycles. The number of likely N-dealkylation sites (N-methyl/N-ethyl adjacent to an activating group) is 1. The molecule has 0 aromatic rings. The number of hydrogen-bond acceptors (Lipinski definition) is 3. The number of hydrogen-bond donors (Lipinski definition) is 0. The lowest BCUT2D eigenvalue weighted by Gasteiger charge is -2.27. The molecule has 2 rings (SSSR count). The molecule has 1 atom stereocenters. The van der Waals surface area contributed by atoms with E-state index in [4.69, 9.17) is 4.74 Å². The third-order valence-corrected chi connectivity index (χ3v) is 4.36. The lowest BCUT2D eigenvalue weighted by atomic mass is 10.1. The van der Waals surface area contributed by atoms with Gasteiger partial charge in [-0.3, -0.25) is 4.79 Å². The first-order valence-corrected chi connectivity index (χ1v) is 7.90. The maximum absolute atomic E-state index is 12.3. The summed E-state index contributed by atoms with van der Waals surface area (Å²) >= 11 is 0. The summed E-state index contributed by atoms with van der Waals surface area (Å²) in [6.07, 6.45) is 6.27. The van der Waals surface area contributed by atoms with Gasteiger partial charge in [-0.2, -0.15) is 0 Å². The van der Waals surface area contributed by atoms with Crippen LogP contribution in [0.5, 0.6) is 0 Å². The molecular weight excluding hydrogens is 240 g/mol. The van der Waals surface area contributed by atoms with Gasteiger partial charge < -0.3 is 14.5 Å². The SMILES string of the molecule is CCN(CCN1CCCCCC1)C(=O)C1CCOC1. The molecule has 110 valence electrons. The first kappa shape index (κ1) is 14.8. The molecule has 0 aromatic carbocycles. The Labute approximate surface area is 117 Å². The van der Waals surface area contributed by atoms with E-state index in [-0.39, 0.29) is 5.92 Å². The van der Waals surface area contributed by atoms with Crippen LogP contribution in [0.25, 0.3) is 0 Å². The first-order valence-electron chi connectivity index (χ1n) is 7.90. The van der Waals surface area contributed by atoms with Crippen LogP contribution in [-0.2, 0) is 9.53 Å². The smallest absolute Gasteiger partial charge is 0.228 e. The van der Waals surface area contributed by atoms with Gasteiger partial charge in [0.15, 0.2) is 0 Å². The third-order valence-electron chi connectivity index (χ3n) is 4.36. The highest BCUT2D eigenvalue weighted by molar-refractivity contribution is 5.79. The van der Waals surface area contributed by atoms with Gasteiger partial charge in [-0.25, -0.2) is 0 Å². The number of ether oxygens (including phenoxy) is 1. The van der Waals surface area contributed by atoms with Crippen molar-refractivity contribution in [3.8, 4) is 0 Å². The maximum atomic E-state index is 12.3. The van der Waals surface area contributed by atoms with Gasteiger partial charge >= 0.3 is 0 Å². The van der Waals surface area contributed by atoms with Crippen molar-refractivity contribution in [2.45, 2.75) is 39.0 Å². The number of carbonyl (C=O) groups is 1. The summed E-state index contributed by atoms with van der Waals surface area (Å²) in [4.78, 5) is 16.9. The molecule has 2 aliphatic heterocycles. The van der Waals surface area contributed by atoms with Crippen LogP contribution in [0.2, 0.25) is 0 Å². The Hall–Kier alpha value is -0.610. The molecule has 19 heavy (non-hydrogen) atoms. The molecule has 0 N–H and O–H groups in total. The highest BCUT2D eigenvalue weighted by Gasteiger charge is 2.27. The van der Waals surface area contributed by atoms with E-state index >= 15 is 0 Å². The zero-order valence-electron chi connectivity index (χ0n) is 12.3. The Morgan fingerprint density at radius 3 is 2.58 bits per heavy atom. The van der Waals surface area contributed by atoms with Gasteiger partial charge in [0.25, 0.3) is 0 Å². The van der Waals surface area contributed by atoms with Gasteiger partial charge in [-0.1, -0.05) is 12.8 Å². The standard InChI is InChI=1S/C15H28N2O2/c1-2-17(15(18)14-7-12-19-13-14)11-10-16-8-5-3-4-6-9-16/h14H,2-13H2,1H3. The fourth-order valence-electron chi connectivity index (χ4n) is 3.03. The average molecular weight is 268 g/mol. The predicted octanol–water partition coefficient (Wildman–Crippen LogP) is 1.75. The quantitative estimate of drug-likeness (QED) is 0.761. The van der Waals surface area contributed by atoms with E-state index in [1.807, 2.05) is 4.90 Å². The third kappa shape index (κ3) is 4.46. The summed E-state index contributed by atoms with van der Waals surface area (Å²) in [6.45, 7) is 8.61. The summed E-state index contributed by atoms with van der Waals surface area (Å²) in [6, 6.07) is 0. The first-order chi connectivity index (χ1) is 9.31. The largest absolute Gasteiger partial charge is 0.381 e. The van der Waals surface area contributed by atoms with Crippen molar-refractivity contribution in [3.05, 3.63) is 0 Å². The molecule has 0 aliphatic carbocycles. The zero-order chi connectivity index (χ0) is 13.5. The normalized spacial score (nSPS) is 25.2. The maximum Gasteiger partial charge on any atom is 0.228 e. The Balaban J connectivity index is 1.76. The molecule has 2 aliphatic rings. The lowest BCUT2D eigenvalue weighted by molar-refractivity contribution is -0.135. The van der Waals surface area contributed by atoms with E-state index in [9.17, 15) is 4.79 Å². The van der Waals surface area contributed by atoms with Crippen molar-refractivity contribution in [1.29, 1.82) is 0 Å². The number of nitrogens with zero attached hydrogens (tertiary/aromatic N) is 2. The van der Waals surface area contributed by atoms with Gasteiger partial charge in [0.2, 0.25) is 5.91 Å². The number of amides is 1. The number of likely N-dealkylation sites (tertiary alicyclic amines) is 1. The van der Waals surface area contributed by atoms with Crippen LogP contribution in [0, 0.1) is 5.92 Å². The highest BCUT2D eigenvalue weighted by atomic mass is 16.5.